The first-order chi connectivity index (χ1) is 18.1. The highest BCUT2D eigenvalue weighted by Gasteiger charge is 2.35. The van der Waals surface area contributed by atoms with E-state index in [2.05, 4.69) is 37.4 Å². The molecule has 9 nitrogen and oxygen atoms in total. The molecule has 1 saturated heterocycles. The van der Waals surface area contributed by atoms with Crippen molar-refractivity contribution in [2.24, 2.45) is 0 Å². The number of nitrogens with zero attached hydrogens (tertiary/aromatic N) is 4. The van der Waals surface area contributed by atoms with Gasteiger partial charge in [0.25, 0.3) is 0 Å². The van der Waals surface area contributed by atoms with Crippen LogP contribution in [0, 0.1) is 0 Å². The van der Waals surface area contributed by atoms with Crippen LogP contribution in [-0.2, 0) is 15.8 Å². The van der Waals surface area contributed by atoms with E-state index in [1.165, 1.54) is 6.07 Å². The maximum atomic E-state index is 13.7. The quantitative estimate of drug-likeness (QED) is 0.382. The van der Waals surface area contributed by atoms with Crippen LogP contribution in [0.15, 0.2) is 67.4 Å². The van der Waals surface area contributed by atoms with Crippen LogP contribution in [0.4, 0.5) is 47.7 Å². The lowest BCUT2D eigenvalue weighted by atomic mass is 10.2. The number of alkyl halides is 3. The van der Waals surface area contributed by atoms with Gasteiger partial charge in [0, 0.05) is 62.0 Å². The van der Waals surface area contributed by atoms with Crippen LogP contribution in [-0.4, -0.2) is 52.9 Å². The van der Waals surface area contributed by atoms with Gasteiger partial charge in [-0.25, -0.2) is 4.98 Å². The van der Waals surface area contributed by atoms with E-state index >= 15 is 0 Å². The van der Waals surface area contributed by atoms with Gasteiger partial charge in [0.2, 0.25) is 17.8 Å². The molecule has 0 saturated carbocycles. The van der Waals surface area contributed by atoms with Gasteiger partial charge in [-0.2, -0.15) is 18.2 Å². The molecule has 198 valence electrons. The van der Waals surface area contributed by atoms with Gasteiger partial charge < -0.3 is 25.8 Å². The minimum Gasteiger partial charge on any atom is -0.368 e. The third-order valence-corrected chi connectivity index (χ3v) is 5.89. The van der Waals surface area contributed by atoms with Crippen molar-refractivity contribution in [3.05, 3.63) is 72.9 Å². The summed E-state index contributed by atoms with van der Waals surface area (Å²) in [6.07, 6.45) is -2.89. The van der Waals surface area contributed by atoms with Gasteiger partial charge in [0.1, 0.15) is 11.4 Å². The van der Waals surface area contributed by atoms with Gasteiger partial charge >= 0.3 is 6.18 Å². The number of nitrogens with one attached hydrogen (secondary N) is 3. The Labute approximate surface area is 217 Å². The van der Waals surface area contributed by atoms with Crippen LogP contribution in [0.1, 0.15) is 12.5 Å². The molecule has 0 spiro atoms. The predicted molar refractivity (Wildman–Crippen MR) is 140 cm³/mol. The van der Waals surface area contributed by atoms with Crippen molar-refractivity contribution in [2.45, 2.75) is 13.1 Å². The van der Waals surface area contributed by atoms with E-state index in [9.17, 15) is 22.8 Å². The first-order valence-electron chi connectivity index (χ1n) is 11.7. The topological polar surface area (TPSA) is 102 Å². The lowest BCUT2D eigenvalue weighted by Crippen LogP contribution is -2.48. The molecular formula is C26H26F3N7O2. The Bertz CT molecular complexity index is 1320. The molecule has 2 amide bonds. The van der Waals surface area contributed by atoms with Crippen LogP contribution in [0.5, 0.6) is 0 Å². The standard InChI is InChI=1S/C26H26F3N7O2/c1-3-23(38)31-19-5-4-6-20(15-19)32-24-22(26(27,28)29)16-30-25(34-24)33-18-7-9-21(10-8-18)36-13-11-35(12-14-36)17(2)37/h3-10,15-16H,1,11-14H2,2H3,(H,31,38)(H2,30,32,33,34). The summed E-state index contributed by atoms with van der Waals surface area (Å²) in [5.74, 6) is -0.862. The lowest BCUT2D eigenvalue weighted by molar-refractivity contribution is -0.137. The Morgan fingerprint density at radius 3 is 2.29 bits per heavy atom. The Morgan fingerprint density at radius 2 is 1.66 bits per heavy atom. The second kappa shape index (κ2) is 11.2. The number of carbonyl (C=O) groups excluding carboxylic acids is 2. The normalized spacial score (nSPS) is 13.6. The van der Waals surface area contributed by atoms with Gasteiger partial charge in [0.05, 0.1) is 0 Å². The summed E-state index contributed by atoms with van der Waals surface area (Å²) in [5, 5.41) is 8.17. The van der Waals surface area contributed by atoms with Crippen molar-refractivity contribution in [1.82, 2.24) is 14.9 Å². The highest BCUT2D eigenvalue weighted by Crippen LogP contribution is 2.35. The van der Waals surface area contributed by atoms with Crippen LogP contribution in [0.25, 0.3) is 0 Å². The van der Waals surface area contributed by atoms with Crippen molar-refractivity contribution in [3.8, 4) is 0 Å². The average molecular weight is 526 g/mol. The van der Waals surface area contributed by atoms with Crippen molar-refractivity contribution in [2.75, 3.05) is 47.0 Å². The molecule has 38 heavy (non-hydrogen) atoms. The fourth-order valence-corrected chi connectivity index (χ4v) is 3.91. The minimum absolute atomic E-state index is 0.0283. The maximum Gasteiger partial charge on any atom is 0.421 e. The summed E-state index contributed by atoms with van der Waals surface area (Å²) < 4.78 is 41.0. The van der Waals surface area contributed by atoms with Gasteiger partial charge in [-0.3, -0.25) is 9.59 Å². The molecular weight excluding hydrogens is 499 g/mol. The van der Waals surface area contributed by atoms with Gasteiger partial charge in [0.15, 0.2) is 0 Å². The van der Waals surface area contributed by atoms with Crippen LogP contribution in [0.2, 0.25) is 0 Å². The van der Waals surface area contributed by atoms with E-state index in [1.54, 1.807) is 42.2 Å². The zero-order valence-electron chi connectivity index (χ0n) is 20.5. The number of anilines is 6. The Hall–Kier alpha value is -4.61. The lowest BCUT2D eigenvalue weighted by Gasteiger charge is -2.35. The second-order valence-corrected chi connectivity index (χ2v) is 8.52. The largest absolute Gasteiger partial charge is 0.421 e. The van der Waals surface area contributed by atoms with Crippen molar-refractivity contribution in [3.63, 3.8) is 0 Å². The van der Waals surface area contributed by atoms with Gasteiger partial charge in [-0.15, -0.1) is 0 Å². The molecule has 4 rings (SSSR count). The third-order valence-electron chi connectivity index (χ3n) is 5.89. The number of benzene rings is 2. The fourth-order valence-electron chi connectivity index (χ4n) is 3.91. The molecule has 1 fully saturated rings. The number of piperazine rings is 1. The number of rotatable bonds is 7. The molecule has 3 N–H and O–H groups in total. The smallest absolute Gasteiger partial charge is 0.368 e. The summed E-state index contributed by atoms with van der Waals surface area (Å²) in [7, 11) is 0. The highest BCUT2D eigenvalue weighted by atomic mass is 19.4. The van der Waals surface area contributed by atoms with Crippen LogP contribution in [0.3, 0.4) is 0 Å². The van der Waals surface area contributed by atoms with E-state index in [4.69, 9.17) is 0 Å². The fraction of sp³-hybridized carbons (Fsp3) is 0.231. The second-order valence-electron chi connectivity index (χ2n) is 8.52. The molecule has 1 aliphatic rings. The van der Waals surface area contributed by atoms with Crippen molar-refractivity contribution >= 4 is 46.3 Å². The first kappa shape index (κ1) is 26.5. The maximum absolute atomic E-state index is 13.7. The van der Waals surface area contributed by atoms with Gasteiger partial charge in [-0.05, 0) is 48.5 Å². The molecule has 3 aromatic rings. The molecule has 12 heteroatoms. The zero-order valence-corrected chi connectivity index (χ0v) is 20.5. The number of halogens is 3. The minimum atomic E-state index is -4.69. The SMILES string of the molecule is C=CC(=O)Nc1cccc(Nc2nc(Nc3ccc(N4CCN(C(C)=O)CC4)cc3)ncc2C(F)(F)F)c1. The molecule has 0 unspecified atom stereocenters. The highest BCUT2D eigenvalue weighted by molar-refractivity contribution is 5.99. The predicted octanol–water partition coefficient (Wildman–Crippen LogP) is 4.78. The molecule has 1 aromatic heterocycles. The summed E-state index contributed by atoms with van der Waals surface area (Å²) in [5.41, 5.74) is 1.19. The number of hydrogen-bond donors (Lipinski definition) is 3. The summed E-state index contributed by atoms with van der Waals surface area (Å²) in [4.78, 5) is 35.0. The molecule has 0 radical (unpaired) electrons. The van der Waals surface area contributed by atoms with Gasteiger partial charge in [-0.1, -0.05) is 12.6 Å². The van der Waals surface area contributed by atoms with Crippen LogP contribution < -0.4 is 20.9 Å². The Morgan fingerprint density at radius 1 is 0.974 bits per heavy atom. The van der Waals surface area contributed by atoms with E-state index in [0.717, 1.165) is 11.8 Å². The average Bonchev–Trinajstić information content (AvgIpc) is 2.89. The first-order valence-corrected chi connectivity index (χ1v) is 11.7. The molecule has 0 bridgehead atoms. The molecule has 0 atom stereocenters. The summed E-state index contributed by atoms with van der Waals surface area (Å²) in [6.45, 7) is 7.65. The Balaban J connectivity index is 1.50. The number of hydrogen-bond acceptors (Lipinski definition) is 7. The van der Waals surface area contributed by atoms with E-state index in [-0.39, 0.29) is 17.5 Å². The number of carbonyl (C=O) groups is 2. The summed E-state index contributed by atoms with van der Waals surface area (Å²) >= 11 is 0. The number of aromatic nitrogens is 2. The van der Waals surface area contributed by atoms with E-state index in [0.29, 0.717) is 43.8 Å². The van der Waals surface area contributed by atoms with Crippen molar-refractivity contribution < 1.29 is 22.8 Å². The molecule has 1 aliphatic heterocycles. The zero-order chi connectivity index (χ0) is 27.3. The number of amides is 2. The third kappa shape index (κ3) is 6.58. The van der Waals surface area contributed by atoms with E-state index in [1.807, 2.05) is 12.1 Å². The Kier molecular flexibility index (Phi) is 7.79. The van der Waals surface area contributed by atoms with Crippen LogP contribution >= 0.6 is 0 Å². The summed E-state index contributed by atoms with van der Waals surface area (Å²) in [6, 6.07) is 13.5. The molecule has 0 aliphatic carbocycles. The molecule has 2 heterocycles. The monoisotopic (exact) mass is 525 g/mol. The van der Waals surface area contributed by atoms with Crippen molar-refractivity contribution in [1.29, 1.82) is 0 Å². The van der Waals surface area contributed by atoms with E-state index < -0.39 is 23.5 Å². The molecule has 2 aromatic carbocycles.